The fourth-order valence-electron chi connectivity index (χ4n) is 3.65. The van der Waals surface area contributed by atoms with Crippen LogP contribution >= 0.6 is 0 Å². The molecule has 0 heterocycles. The molecule has 98 valence electrons. The van der Waals surface area contributed by atoms with E-state index in [-0.39, 0.29) is 0 Å². The first kappa shape index (κ1) is 13.4. The van der Waals surface area contributed by atoms with E-state index in [1.54, 1.807) is 22.3 Å². The fraction of sp³-hybridized carbons (Fsp3) is 0.556. The molecule has 0 fully saturated rings. The lowest BCUT2D eigenvalue weighted by Gasteiger charge is -2.16. The van der Waals surface area contributed by atoms with Crippen molar-refractivity contribution in [1.82, 2.24) is 0 Å². The molecule has 0 N–H and O–H groups in total. The molecule has 1 aliphatic rings. The maximum absolute atomic E-state index is 2.43. The van der Waals surface area contributed by atoms with E-state index in [9.17, 15) is 0 Å². The highest BCUT2D eigenvalue weighted by Crippen LogP contribution is 2.47. The molecule has 0 saturated heterocycles. The SMILES string of the molecule is CCCC1=C(C)c2c(C)cc(C)cc2C1CCC. The predicted octanol–water partition coefficient (Wildman–Crippen LogP) is 5.77. The topological polar surface area (TPSA) is 0 Å². The van der Waals surface area contributed by atoms with Gasteiger partial charge in [-0.2, -0.15) is 0 Å². The summed E-state index contributed by atoms with van der Waals surface area (Å²) < 4.78 is 0. The van der Waals surface area contributed by atoms with E-state index in [0.717, 1.165) is 0 Å². The lowest BCUT2D eigenvalue weighted by atomic mass is 9.88. The van der Waals surface area contributed by atoms with Crippen LogP contribution < -0.4 is 0 Å². The van der Waals surface area contributed by atoms with Crippen LogP contribution in [-0.2, 0) is 0 Å². The monoisotopic (exact) mass is 242 g/mol. The van der Waals surface area contributed by atoms with Gasteiger partial charge in [-0.25, -0.2) is 0 Å². The summed E-state index contributed by atoms with van der Waals surface area (Å²) in [4.78, 5) is 0. The number of allylic oxidation sites excluding steroid dienone is 2. The average Bonchev–Trinajstić information content (AvgIpc) is 2.55. The van der Waals surface area contributed by atoms with Gasteiger partial charge in [-0.1, -0.05) is 50.0 Å². The van der Waals surface area contributed by atoms with Crippen molar-refractivity contribution in [3.63, 3.8) is 0 Å². The number of fused-ring (bicyclic) bond motifs is 1. The maximum Gasteiger partial charge on any atom is 0.00602 e. The minimum atomic E-state index is 0.698. The van der Waals surface area contributed by atoms with Crippen molar-refractivity contribution in [1.29, 1.82) is 0 Å². The minimum Gasteiger partial charge on any atom is -0.0653 e. The molecule has 0 amide bonds. The summed E-state index contributed by atoms with van der Waals surface area (Å²) in [5, 5.41) is 0. The van der Waals surface area contributed by atoms with E-state index in [0.29, 0.717) is 5.92 Å². The second-order valence-corrected chi connectivity index (χ2v) is 5.79. The Morgan fingerprint density at radius 2 is 1.72 bits per heavy atom. The highest BCUT2D eigenvalue weighted by molar-refractivity contribution is 5.79. The van der Waals surface area contributed by atoms with Gasteiger partial charge in [0.2, 0.25) is 0 Å². The molecular formula is C18H26. The molecule has 0 saturated carbocycles. The third-order valence-corrected chi connectivity index (χ3v) is 4.26. The van der Waals surface area contributed by atoms with E-state index >= 15 is 0 Å². The Bertz CT molecular complexity index is 477. The summed E-state index contributed by atoms with van der Waals surface area (Å²) in [6.45, 7) is 11.4. The zero-order valence-electron chi connectivity index (χ0n) is 12.6. The Balaban J connectivity index is 2.55. The largest absolute Gasteiger partial charge is 0.0653 e. The van der Waals surface area contributed by atoms with Gasteiger partial charge in [0.15, 0.2) is 0 Å². The first-order chi connectivity index (χ1) is 8.60. The molecule has 2 rings (SSSR count). The van der Waals surface area contributed by atoms with Crippen LogP contribution in [0.1, 0.15) is 74.6 Å². The van der Waals surface area contributed by atoms with Crippen molar-refractivity contribution in [2.45, 2.75) is 66.2 Å². The van der Waals surface area contributed by atoms with Crippen molar-refractivity contribution >= 4 is 5.57 Å². The van der Waals surface area contributed by atoms with Gasteiger partial charge in [0, 0.05) is 5.92 Å². The Kier molecular flexibility index (Phi) is 3.94. The van der Waals surface area contributed by atoms with Gasteiger partial charge in [0.05, 0.1) is 0 Å². The second kappa shape index (κ2) is 5.30. The van der Waals surface area contributed by atoms with Crippen LogP contribution in [0.25, 0.3) is 5.57 Å². The normalized spacial score (nSPS) is 18.4. The van der Waals surface area contributed by atoms with Gasteiger partial charge in [-0.15, -0.1) is 0 Å². The van der Waals surface area contributed by atoms with E-state index < -0.39 is 0 Å². The Morgan fingerprint density at radius 3 is 2.33 bits per heavy atom. The standard InChI is InChI=1S/C18H26/c1-6-8-15-14(5)18-13(4)10-12(3)11-17(18)16(15)9-7-2/h10-11,16H,6-9H2,1-5H3. The number of hydrogen-bond donors (Lipinski definition) is 0. The minimum absolute atomic E-state index is 0.698. The lowest BCUT2D eigenvalue weighted by Crippen LogP contribution is -2.00. The van der Waals surface area contributed by atoms with Crippen LogP contribution in [0.3, 0.4) is 0 Å². The van der Waals surface area contributed by atoms with Crippen LogP contribution in [0.2, 0.25) is 0 Å². The number of aryl methyl sites for hydroxylation is 2. The van der Waals surface area contributed by atoms with Crippen LogP contribution in [-0.4, -0.2) is 0 Å². The van der Waals surface area contributed by atoms with E-state index in [4.69, 9.17) is 0 Å². The molecule has 1 aromatic carbocycles. The van der Waals surface area contributed by atoms with Gasteiger partial charge in [-0.05, 0) is 55.9 Å². The van der Waals surface area contributed by atoms with Crippen LogP contribution in [0.15, 0.2) is 17.7 Å². The lowest BCUT2D eigenvalue weighted by molar-refractivity contribution is 0.665. The van der Waals surface area contributed by atoms with Crippen LogP contribution in [0.5, 0.6) is 0 Å². The van der Waals surface area contributed by atoms with Gasteiger partial charge >= 0.3 is 0 Å². The second-order valence-electron chi connectivity index (χ2n) is 5.79. The van der Waals surface area contributed by atoms with Crippen molar-refractivity contribution in [3.05, 3.63) is 40.0 Å². The van der Waals surface area contributed by atoms with Crippen LogP contribution in [0.4, 0.5) is 0 Å². The molecule has 1 aliphatic carbocycles. The van der Waals surface area contributed by atoms with Gasteiger partial charge in [-0.3, -0.25) is 0 Å². The maximum atomic E-state index is 2.43. The molecule has 1 unspecified atom stereocenters. The summed E-state index contributed by atoms with van der Waals surface area (Å²) in [7, 11) is 0. The Hall–Kier alpha value is -1.04. The molecule has 0 aromatic heterocycles. The van der Waals surface area contributed by atoms with Crippen LogP contribution in [0, 0.1) is 13.8 Å². The highest BCUT2D eigenvalue weighted by Gasteiger charge is 2.28. The molecule has 0 bridgehead atoms. The Morgan fingerprint density at radius 1 is 1.00 bits per heavy atom. The Labute approximate surface area is 112 Å². The van der Waals surface area contributed by atoms with Gasteiger partial charge in [0.1, 0.15) is 0 Å². The number of rotatable bonds is 4. The predicted molar refractivity (Wildman–Crippen MR) is 81.1 cm³/mol. The molecule has 0 radical (unpaired) electrons. The molecule has 1 atom stereocenters. The van der Waals surface area contributed by atoms with Gasteiger partial charge in [0.25, 0.3) is 0 Å². The zero-order valence-corrected chi connectivity index (χ0v) is 12.6. The fourth-order valence-corrected chi connectivity index (χ4v) is 3.65. The van der Waals surface area contributed by atoms with Crippen molar-refractivity contribution < 1.29 is 0 Å². The average molecular weight is 242 g/mol. The first-order valence-electron chi connectivity index (χ1n) is 7.41. The van der Waals surface area contributed by atoms with Crippen molar-refractivity contribution in [2.75, 3.05) is 0 Å². The third-order valence-electron chi connectivity index (χ3n) is 4.26. The summed E-state index contributed by atoms with van der Waals surface area (Å²) in [5.41, 5.74) is 9.33. The molecule has 0 nitrogen and oxygen atoms in total. The van der Waals surface area contributed by atoms with E-state index in [1.807, 2.05) is 0 Å². The number of benzene rings is 1. The first-order valence-corrected chi connectivity index (χ1v) is 7.41. The van der Waals surface area contributed by atoms with E-state index in [2.05, 4.69) is 46.8 Å². The quantitative estimate of drug-likeness (QED) is 0.628. The van der Waals surface area contributed by atoms with Gasteiger partial charge < -0.3 is 0 Å². The zero-order chi connectivity index (χ0) is 13.3. The molecule has 18 heavy (non-hydrogen) atoms. The van der Waals surface area contributed by atoms with Crippen molar-refractivity contribution in [2.24, 2.45) is 0 Å². The third kappa shape index (κ3) is 2.13. The van der Waals surface area contributed by atoms with E-state index in [1.165, 1.54) is 36.8 Å². The molecule has 0 spiro atoms. The van der Waals surface area contributed by atoms with Crippen molar-refractivity contribution in [3.8, 4) is 0 Å². The molecular weight excluding hydrogens is 216 g/mol. The summed E-state index contributed by atoms with van der Waals surface area (Å²) >= 11 is 0. The molecule has 1 aromatic rings. The summed E-state index contributed by atoms with van der Waals surface area (Å²) in [6, 6.07) is 4.76. The molecule has 0 heteroatoms. The smallest absolute Gasteiger partial charge is 0.00602 e. The molecule has 0 aliphatic heterocycles. The summed E-state index contributed by atoms with van der Waals surface area (Å²) in [6.07, 6.45) is 5.11. The summed E-state index contributed by atoms with van der Waals surface area (Å²) in [5.74, 6) is 0.698. The number of hydrogen-bond acceptors (Lipinski definition) is 0. The highest BCUT2D eigenvalue weighted by atomic mass is 14.3.